The highest BCUT2D eigenvalue weighted by molar-refractivity contribution is 6.07. The first-order valence-electron chi connectivity index (χ1n) is 8.47. The van der Waals surface area contributed by atoms with Crippen molar-refractivity contribution in [1.29, 1.82) is 0 Å². The van der Waals surface area contributed by atoms with Gasteiger partial charge in [-0.25, -0.2) is 4.79 Å². The number of carbonyl (C=O) groups is 2. The van der Waals surface area contributed by atoms with Gasteiger partial charge in [-0.2, -0.15) is 0 Å². The summed E-state index contributed by atoms with van der Waals surface area (Å²) in [6.07, 6.45) is 0.924. The summed E-state index contributed by atoms with van der Waals surface area (Å²) in [5.41, 5.74) is 0.708. The van der Waals surface area contributed by atoms with Crippen LogP contribution in [0.3, 0.4) is 0 Å². The van der Waals surface area contributed by atoms with Gasteiger partial charge in [-0.05, 0) is 38.3 Å². The zero-order valence-electron chi connectivity index (χ0n) is 15.0. The minimum absolute atomic E-state index is 0.118. The molecule has 2 heterocycles. The van der Waals surface area contributed by atoms with Gasteiger partial charge in [-0.3, -0.25) is 9.69 Å². The summed E-state index contributed by atoms with van der Waals surface area (Å²) in [4.78, 5) is 26.8. The third-order valence-corrected chi connectivity index (χ3v) is 4.72. The number of nitrogens with zero attached hydrogens (tertiary/aromatic N) is 4. The van der Waals surface area contributed by atoms with Gasteiger partial charge in [-0.1, -0.05) is 31.2 Å². The second-order valence-corrected chi connectivity index (χ2v) is 6.58. The molecule has 0 bridgehead atoms. The summed E-state index contributed by atoms with van der Waals surface area (Å²) >= 11 is 0. The Balaban J connectivity index is 1.91. The summed E-state index contributed by atoms with van der Waals surface area (Å²) in [6.45, 7) is 8.49. The lowest BCUT2D eigenvalue weighted by Crippen LogP contribution is -2.41. The predicted molar refractivity (Wildman–Crippen MR) is 92.7 cm³/mol. The van der Waals surface area contributed by atoms with Gasteiger partial charge in [0.25, 0.3) is 5.91 Å². The first-order valence-corrected chi connectivity index (χ1v) is 8.47. The first-order chi connectivity index (χ1) is 11.9. The maximum absolute atomic E-state index is 13.1. The largest absolute Gasteiger partial charge is 0.325 e. The molecule has 1 aromatic carbocycles. The minimum atomic E-state index is -1.06. The standard InChI is InChI=1S/C18H23N5O2/c1-5-10-22-13(3)20-21-15(22)11-23-16(24)18(4,19-17(23)25)14-9-7-6-8-12(14)2/h6-9H,5,10-11H2,1-4H3,(H,19,25). The molecule has 0 aliphatic carbocycles. The van der Waals surface area contributed by atoms with E-state index in [4.69, 9.17) is 0 Å². The van der Waals surface area contributed by atoms with Crippen molar-refractivity contribution in [3.8, 4) is 0 Å². The number of urea groups is 1. The van der Waals surface area contributed by atoms with Gasteiger partial charge >= 0.3 is 6.03 Å². The van der Waals surface area contributed by atoms with Gasteiger partial charge in [0.2, 0.25) is 0 Å². The van der Waals surface area contributed by atoms with E-state index in [0.29, 0.717) is 5.82 Å². The minimum Gasteiger partial charge on any atom is -0.319 e. The summed E-state index contributed by atoms with van der Waals surface area (Å²) in [5, 5.41) is 11.1. The second kappa shape index (κ2) is 6.31. The molecule has 0 saturated carbocycles. The Morgan fingerprint density at radius 1 is 1.16 bits per heavy atom. The number of carbonyl (C=O) groups excluding carboxylic acids is 2. The summed E-state index contributed by atoms with van der Waals surface area (Å²) in [7, 11) is 0. The van der Waals surface area contributed by atoms with E-state index in [-0.39, 0.29) is 12.5 Å². The van der Waals surface area contributed by atoms with Crippen LogP contribution in [-0.2, 0) is 23.4 Å². The van der Waals surface area contributed by atoms with Crippen LogP contribution in [0.15, 0.2) is 24.3 Å². The monoisotopic (exact) mass is 341 g/mol. The van der Waals surface area contributed by atoms with Crippen LogP contribution in [0.2, 0.25) is 0 Å². The Morgan fingerprint density at radius 2 is 1.88 bits per heavy atom. The smallest absolute Gasteiger partial charge is 0.319 e. The van der Waals surface area contributed by atoms with Gasteiger partial charge in [0.1, 0.15) is 11.4 Å². The lowest BCUT2D eigenvalue weighted by Gasteiger charge is -2.24. The quantitative estimate of drug-likeness (QED) is 0.846. The lowest BCUT2D eigenvalue weighted by molar-refractivity contribution is -0.131. The molecule has 3 rings (SSSR count). The maximum atomic E-state index is 13.1. The molecule has 1 unspecified atom stereocenters. The molecule has 0 spiro atoms. The molecule has 1 aliphatic rings. The van der Waals surface area contributed by atoms with Crippen molar-refractivity contribution >= 4 is 11.9 Å². The van der Waals surface area contributed by atoms with E-state index >= 15 is 0 Å². The van der Waals surface area contributed by atoms with Crippen LogP contribution in [0.25, 0.3) is 0 Å². The summed E-state index contributed by atoms with van der Waals surface area (Å²) < 4.78 is 1.95. The van der Waals surface area contributed by atoms with Crippen LogP contribution in [-0.4, -0.2) is 31.6 Å². The molecule has 1 fully saturated rings. The average molecular weight is 341 g/mol. The van der Waals surface area contributed by atoms with E-state index in [1.165, 1.54) is 4.90 Å². The van der Waals surface area contributed by atoms with Crippen LogP contribution in [0, 0.1) is 13.8 Å². The van der Waals surface area contributed by atoms with Crippen molar-refractivity contribution in [2.24, 2.45) is 0 Å². The Labute approximate surface area is 147 Å². The van der Waals surface area contributed by atoms with Crippen molar-refractivity contribution < 1.29 is 9.59 Å². The fourth-order valence-electron chi connectivity index (χ4n) is 3.35. The fourth-order valence-corrected chi connectivity index (χ4v) is 3.35. The summed E-state index contributed by atoms with van der Waals surface area (Å²) in [6, 6.07) is 7.19. The number of aryl methyl sites for hydroxylation is 2. The zero-order valence-corrected chi connectivity index (χ0v) is 15.0. The number of hydrogen-bond donors (Lipinski definition) is 1. The Morgan fingerprint density at radius 3 is 2.56 bits per heavy atom. The fraction of sp³-hybridized carbons (Fsp3) is 0.444. The van der Waals surface area contributed by atoms with Gasteiger partial charge in [0.15, 0.2) is 5.82 Å². The van der Waals surface area contributed by atoms with E-state index in [1.54, 1.807) is 6.92 Å². The van der Waals surface area contributed by atoms with Crippen LogP contribution < -0.4 is 5.32 Å². The highest BCUT2D eigenvalue weighted by atomic mass is 16.2. The molecule has 1 N–H and O–H groups in total. The van der Waals surface area contributed by atoms with Crippen molar-refractivity contribution in [1.82, 2.24) is 25.0 Å². The molecule has 2 aromatic rings. The maximum Gasteiger partial charge on any atom is 0.325 e. The summed E-state index contributed by atoms with van der Waals surface area (Å²) in [5.74, 6) is 1.14. The number of aromatic nitrogens is 3. The third-order valence-electron chi connectivity index (χ3n) is 4.72. The van der Waals surface area contributed by atoms with Crippen molar-refractivity contribution in [3.63, 3.8) is 0 Å². The molecule has 0 radical (unpaired) electrons. The van der Waals surface area contributed by atoms with Crippen LogP contribution in [0.4, 0.5) is 4.79 Å². The number of rotatable bonds is 5. The van der Waals surface area contributed by atoms with Crippen molar-refractivity contribution in [2.45, 2.75) is 52.7 Å². The molecule has 1 aliphatic heterocycles. The van der Waals surface area contributed by atoms with Gasteiger partial charge in [0.05, 0.1) is 6.54 Å². The van der Waals surface area contributed by atoms with Crippen molar-refractivity contribution in [2.75, 3.05) is 0 Å². The number of hydrogen-bond acceptors (Lipinski definition) is 4. The number of amides is 3. The van der Waals surface area contributed by atoms with Crippen LogP contribution >= 0.6 is 0 Å². The normalized spacial score (nSPS) is 20.2. The Hall–Kier alpha value is -2.70. The van der Waals surface area contributed by atoms with Gasteiger partial charge < -0.3 is 9.88 Å². The SMILES string of the molecule is CCCn1c(C)nnc1CN1C(=O)NC(C)(c2ccccc2C)C1=O. The first kappa shape index (κ1) is 17.1. The Bertz CT molecular complexity index is 829. The molecule has 25 heavy (non-hydrogen) atoms. The Kier molecular flexibility index (Phi) is 4.32. The molecular weight excluding hydrogens is 318 g/mol. The van der Waals surface area contributed by atoms with Crippen molar-refractivity contribution in [3.05, 3.63) is 47.0 Å². The van der Waals surface area contributed by atoms with Crippen LogP contribution in [0.1, 0.15) is 43.0 Å². The highest BCUT2D eigenvalue weighted by Gasteiger charge is 2.49. The van der Waals surface area contributed by atoms with Crippen LogP contribution in [0.5, 0.6) is 0 Å². The molecule has 1 saturated heterocycles. The topological polar surface area (TPSA) is 80.1 Å². The van der Waals surface area contributed by atoms with E-state index in [0.717, 1.165) is 29.9 Å². The molecule has 132 valence electrons. The highest BCUT2D eigenvalue weighted by Crippen LogP contribution is 2.31. The number of benzene rings is 1. The van der Waals surface area contributed by atoms with E-state index < -0.39 is 11.6 Å². The number of nitrogens with one attached hydrogen (secondary N) is 1. The number of imide groups is 1. The van der Waals surface area contributed by atoms with E-state index in [1.807, 2.05) is 42.7 Å². The second-order valence-electron chi connectivity index (χ2n) is 6.58. The zero-order chi connectivity index (χ0) is 18.2. The molecule has 3 amide bonds. The van der Waals surface area contributed by atoms with E-state index in [2.05, 4.69) is 22.4 Å². The molecule has 7 nitrogen and oxygen atoms in total. The molecular formula is C18H23N5O2. The lowest BCUT2D eigenvalue weighted by atomic mass is 9.88. The molecule has 7 heteroatoms. The van der Waals surface area contributed by atoms with E-state index in [9.17, 15) is 9.59 Å². The van der Waals surface area contributed by atoms with Gasteiger partial charge in [0, 0.05) is 6.54 Å². The molecule has 1 atom stereocenters. The van der Waals surface area contributed by atoms with Gasteiger partial charge in [-0.15, -0.1) is 10.2 Å². The molecule has 1 aromatic heterocycles. The third kappa shape index (κ3) is 2.79. The average Bonchev–Trinajstić information content (AvgIpc) is 3.02. The predicted octanol–water partition coefficient (Wildman–Crippen LogP) is 2.27.